The van der Waals surface area contributed by atoms with Gasteiger partial charge < -0.3 is 19.3 Å². The Balaban J connectivity index is 0.980. The van der Waals surface area contributed by atoms with Gasteiger partial charge in [0.05, 0.1) is 34.5 Å². The third-order valence-corrected chi connectivity index (χ3v) is 8.54. The van der Waals surface area contributed by atoms with Crippen molar-refractivity contribution in [1.82, 2.24) is 19.4 Å². The van der Waals surface area contributed by atoms with Crippen LogP contribution in [0.4, 0.5) is 29.5 Å². The number of ether oxygens (including phenoxy) is 2. The Labute approximate surface area is 265 Å². The molecular weight excluding hydrogens is 597 g/mol. The molecule has 14 heteroatoms. The lowest BCUT2D eigenvalue weighted by Gasteiger charge is -2.40. The molecule has 0 unspecified atom stereocenters. The van der Waals surface area contributed by atoms with Gasteiger partial charge in [-0.1, -0.05) is 35.0 Å². The molecule has 0 radical (unpaired) electrons. The summed E-state index contributed by atoms with van der Waals surface area (Å²) in [5.74, 6) is -0.0917. The number of hydrogen-bond acceptors (Lipinski definition) is 8. The molecule has 1 aliphatic carbocycles. The van der Waals surface area contributed by atoms with Gasteiger partial charge in [0.2, 0.25) is 0 Å². The van der Waals surface area contributed by atoms with Crippen LogP contribution in [-0.2, 0) is 10.2 Å². The average molecular weight is 635 g/mol. The van der Waals surface area contributed by atoms with Gasteiger partial charge in [0.25, 0.3) is 0 Å². The van der Waals surface area contributed by atoms with Crippen molar-refractivity contribution in [3.05, 3.63) is 60.5 Å². The Morgan fingerprint density at radius 1 is 1.11 bits per heavy atom. The van der Waals surface area contributed by atoms with E-state index in [1.54, 1.807) is 42.5 Å². The van der Waals surface area contributed by atoms with E-state index in [9.17, 15) is 18.0 Å². The summed E-state index contributed by atoms with van der Waals surface area (Å²) in [6.07, 6.45) is -2.43. The highest BCUT2D eigenvalue weighted by molar-refractivity contribution is 7.23. The summed E-state index contributed by atoms with van der Waals surface area (Å²) in [6, 6.07) is 12.3. The van der Waals surface area contributed by atoms with Crippen LogP contribution in [0.3, 0.4) is 0 Å². The number of nitrogens with zero attached hydrogens (tertiary/aromatic N) is 4. The summed E-state index contributed by atoms with van der Waals surface area (Å²) < 4.78 is 122. The SMILES string of the molecule is [2H]C1([2H])OC([2H])([2H])C([2H])([2H])N(CCOc2ccc3c(c2)sc2nc(-c4ccc(NC(=O)Nc5cc(C6(C(F)(F)F)CCC6)on5)cc4)cn23)C1([2H])[2H]. The van der Waals surface area contributed by atoms with E-state index in [-0.39, 0.29) is 31.0 Å². The number of morpholine rings is 1. The molecule has 1 saturated heterocycles. The molecule has 2 aromatic carbocycles. The van der Waals surface area contributed by atoms with Gasteiger partial charge in [-0.15, -0.1) is 0 Å². The number of rotatable bonds is 8. The highest BCUT2D eigenvalue weighted by Gasteiger charge is 2.61. The van der Waals surface area contributed by atoms with Crippen molar-refractivity contribution in [3.63, 3.8) is 0 Å². The van der Waals surface area contributed by atoms with Crippen LogP contribution in [-0.4, -0.2) is 70.9 Å². The maximum Gasteiger partial charge on any atom is 0.401 e. The summed E-state index contributed by atoms with van der Waals surface area (Å²) in [4.78, 5) is 18.3. The molecule has 7 rings (SSSR count). The molecule has 44 heavy (non-hydrogen) atoms. The van der Waals surface area contributed by atoms with Crippen LogP contribution in [0.15, 0.2) is 59.3 Å². The minimum atomic E-state index is -4.48. The van der Waals surface area contributed by atoms with Crippen molar-refractivity contribution in [2.24, 2.45) is 0 Å². The highest BCUT2D eigenvalue weighted by Crippen LogP contribution is 2.54. The van der Waals surface area contributed by atoms with Crippen LogP contribution in [0.1, 0.15) is 36.0 Å². The number of fused-ring (bicyclic) bond motifs is 3. The van der Waals surface area contributed by atoms with Crippen LogP contribution in [0.2, 0.25) is 0 Å². The van der Waals surface area contributed by atoms with Crippen molar-refractivity contribution < 1.29 is 42.9 Å². The van der Waals surface area contributed by atoms with Crippen LogP contribution in [0.5, 0.6) is 5.75 Å². The van der Waals surface area contributed by atoms with Gasteiger partial charge in [0, 0.05) is 48.5 Å². The van der Waals surface area contributed by atoms with Crippen molar-refractivity contribution in [3.8, 4) is 17.0 Å². The predicted octanol–water partition coefficient (Wildman–Crippen LogP) is 6.54. The Morgan fingerprint density at radius 2 is 1.91 bits per heavy atom. The van der Waals surface area contributed by atoms with Crippen LogP contribution >= 0.6 is 11.3 Å². The zero-order chi connectivity index (χ0) is 37.5. The molecule has 3 aromatic heterocycles. The standard InChI is InChI=1S/C30H29F3N6O4S/c31-30(32,33)29(8-1-9-29)25-17-26(37-43-25)36-27(40)34-20-4-2-19(3-5-20)22-18-39-23-7-6-21(16-24(23)44-28(39)35-22)42-15-12-38-10-13-41-14-11-38/h2-7,16-18H,1,8-15H2,(H2,34,36,37,40)/i10D2,11D2,13D2,14D2. The Kier molecular flexibility index (Phi) is 5.38. The van der Waals surface area contributed by atoms with Gasteiger partial charge in [0.1, 0.15) is 17.8 Å². The Hall–Kier alpha value is -4.14. The molecule has 0 spiro atoms. The molecule has 0 bridgehead atoms. The fraction of sp³-hybridized carbons (Fsp3) is 0.367. The van der Waals surface area contributed by atoms with Crippen molar-refractivity contribution in [1.29, 1.82) is 0 Å². The number of thiazole rings is 1. The van der Waals surface area contributed by atoms with E-state index in [0.29, 0.717) is 33.4 Å². The molecular formula is C30H29F3N6O4S. The number of urea groups is 1. The van der Waals surface area contributed by atoms with Crippen molar-refractivity contribution >= 4 is 44.1 Å². The minimum absolute atomic E-state index is 0.0964. The van der Waals surface area contributed by atoms with Crippen LogP contribution in [0, 0.1) is 0 Å². The second kappa shape index (κ2) is 11.4. The molecule has 10 nitrogen and oxygen atoms in total. The zero-order valence-electron chi connectivity index (χ0n) is 30.7. The molecule has 5 aromatic rings. The highest BCUT2D eigenvalue weighted by atomic mass is 32.1. The summed E-state index contributed by atoms with van der Waals surface area (Å²) in [5.41, 5.74) is 0.521. The van der Waals surface area contributed by atoms with E-state index < -0.39 is 50.3 Å². The second-order valence-electron chi connectivity index (χ2n) is 10.2. The first-order valence-corrected chi connectivity index (χ1v) is 14.3. The van der Waals surface area contributed by atoms with Crippen molar-refractivity contribution in [2.45, 2.75) is 30.9 Å². The van der Waals surface area contributed by atoms with Crippen molar-refractivity contribution in [2.75, 3.05) is 49.9 Å². The summed E-state index contributed by atoms with van der Waals surface area (Å²) >= 11 is 1.36. The number of nitrogens with one attached hydrogen (secondary N) is 2. The van der Waals surface area contributed by atoms with E-state index in [4.69, 9.17) is 25.2 Å². The number of anilines is 2. The predicted molar refractivity (Wildman–Crippen MR) is 159 cm³/mol. The number of alkyl halides is 3. The first-order valence-electron chi connectivity index (χ1n) is 17.5. The Morgan fingerprint density at radius 3 is 2.64 bits per heavy atom. The third-order valence-electron chi connectivity index (χ3n) is 7.52. The minimum Gasteiger partial charge on any atom is -0.492 e. The van der Waals surface area contributed by atoms with Gasteiger partial charge in [-0.3, -0.25) is 14.6 Å². The van der Waals surface area contributed by atoms with E-state index in [1.165, 1.54) is 11.3 Å². The lowest BCUT2D eigenvalue weighted by atomic mass is 9.66. The van der Waals surface area contributed by atoms with Gasteiger partial charge in [-0.2, -0.15) is 13.2 Å². The number of imidazole rings is 1. The summed E-state index contributed by atoms with van der Waals surface area (Å²) in [6.45, 7) is -13.0. The molecule has 1 aliphatic heterocycles. The maximum absolute atomic E-state index is 13.6. The molecule has 2 N–H and O–H groups in total. The molecule has 2 aliphatic rings. The first-order chi connectivity index (χ1) is 24.2. The molecule has 2 fully saturated rings. The molecule has 0 atom stereocenters. The fourth-order valence-electron chi connectivity index (χ4n) is 5.05. The average Bonchev–Trinajstić information content (AvgIpc) is 3.72. The molecule has 230 valence electrons. The smallest absolute Gasteiger partial charge is 0.401 e. The van der Waals surface area contributed by atoms with E-state index in [2.05, 4.69) is 20.5 Å². The van der Waals surface area contributed by atoms with Gasteiger partial charge in [-0.25, -0.2) is 9.78 Å². The van der Waals surface area contributed by atoms with Crippen LogP contribution < -0.4 is 15.4 Å². The number of aromatic nitrogens is 3. The molecule has 4 heterocycles. The Bertz CT molecular complexity index is 2130. The third kappa shape index (κ3) is 5.48. The molecule has 2 amide bonds. The van der Waals surface area contributed by atoms with Gasteiger partial charge in [0.15, 0.2) is 16.5 Å². The number of halogens is 3. The molecule has 1 saturated carbocycles. The monoisotopic (exact) mass is 634 g/mol. The second-order valence-corrected chi connectivity index (χ2v) is 11.2. The van der Waals surface area contributed by atoms with Gasteiger partial charge >= 0.3 is 12.2 Å². The lowest BCUT2D eigenvalue weighted by molar-refractivity contribution is -0.218. The first kappa shape index (κ1) is 20.7. The number of benzene rings is 2. The van der Waals surface area contributed by atoms with E-state index >= 15 is 0 Å². The zero-order valence-corrected chi connectivity index (χ0v) is 23.5. The number of amides is 2. The fourth-order valence-corrected chi connectivity index (χ4v) is 6.08. The number of carbonyl (C=O) groups excluding carboxylic acids is 1. The van der Waals surface area contributed by atoms with Gasteiger partial charge in [-0.05, 0) is 43.2 Å². The normalized spacial score (nSPS) is 24.3. The largest absolute Gasteiger partial charge is 0.492 e. The topological polar surface area (TPSA) is 106 Å². The number of hydrogen-bond donors (Lipinski definition) is 2. The van der Waals surface area contributed by atoms with E-state index in [0.717, 1.165) is 21.8 Å². The van der Waals surface area contributed by atoms with Crippen LogP contribution in [0.25, 0.3) is 26.4 Å². The quantitative estimate of drug-likeness (QED) is 0.200. The maximum atomic E-state index is 13.6. The number of carbonyl (C=O) groups is 1. The summed E-state index contributed by atoms with van der Waals surface area (Å²) in [7, 11) is 0. The van der Waals surface area contributed by atoms with E-state index in [1.807, 2.05) is 10.6 Å². The summed E-state index contributed by atoms with van der Waals surface area (Å²) in [5, 5.41) is 8.59. The lowest BCUT2D eigenvalue weighted by Crippen LogP contribution is -2.47.